The Hall–Kier alpha value is -1.30. The van der Waals surface area contributed by atoms with Crippen LogP contribution >= 0.6 is 15.9 Å². The highest BCUT2D eigenvalue weighted by Crippen LogP contribution is 2.24. The second kappa shape index (κ2) is 6.23. The van der Waals surface area contributed by atoms with Gasteiger partial charge in [0, 0.05) is 12.6 Å². The molecule has 1 amide bonds. The van der Waals surface area contributed by atoms with E-state index < -0.39 is 0 Å². The first kappa shape index (κ1) is 14.1. The van der Waals surface area contributed by atoms with Crippen LogP contribution in [0.25, 0.3) is 0 Å². The molecule has 1 fully saturated rings. The molecule has 6 heteroatoms. The van der Waals surface area contributed by atoms with Gasteiger partial charge < -0.3 is 14.1 Å². The number of methoxy groups -OCH3 is 1. The summed E-state index contributed by atoms with van der Waals surface area (Å²) in [4.78, 5) is 25.5. The highest BCUT2D eigenvalue weighted by Gasteiger charge is 2.30. The van der Waals surface area contributed by atoms with E-state index in [1.54, 1.807) is 17.0 Å². The van der Waals surface area contributed by atoms with Crippen LogP contribution in [0.5, 0.6) is 0 Å². The predicted molar refractivity (Wildman–Crippen MR) is 71.7 cm³/mol. The third-order valence-corrected chi connectivity index (χ3v) is 3.73. The molecule has 1 aliphatic rings. The van der Waals surface area contributed by atoms with Crippen molar-refractivity contribution in [2.45, 2.75) is 31.7 Å². The van der Waals surface area contributed by atoms with Gasteiger partial charge in [-0.15, -0.1) is 0 Å². The second-order valence-electron chi connectivity index (χ2n) is 4.53. The smallest absolute Gasteiger partial charge is 0.307 e. The Morgan fingerprint density at radius 3 is 2.89 bits per heavy atom. The Bertz CT molecular complexity index is 471. The number of amides is 1. The molecule has 1 atom stereocenters. The predicted octanol–water partition coefficient (Wildman–Crippen LogP) is 2.60. The van der Waals surface area contributed by atoms with Crippen LogP contribution in [0, 0.1) is 0 Å². The summed E-state index contributed by atoms with van der Waals surface area (Å²) in [5.74, 6) is -0.159. The third-order valence-electron chi connectivity index (χ3n) is 3.30. The Kier molecular flexibility index (Phi) is 4.63. The number of rotatable bonds is 3. The van der Waals surface area contributed by atoms with Gasteiger partial charge in [0.25, 0.3) is 5.91 Å². The number of esters is 1. The van der Waals surface area contributed by atoms with Gasteiger partial charge >= 0.3 is 5.97 Å². The SMILES string of the molecule is COC(=O)CC1CCCCN1C(=O)c1ccc(Br)o1. The Morgan fingerprint density at radius 1 is 1.47 bits per heavy atom. The van der Waals surface area contributed by atoms with Crippen molar-refractivity contribution in [3.8, 4) is 0 Å². The number of ether oxygens (including phenoxy) is 1. The number of carbonyl (C=O) groups excluding carboxylic acids is 2. The molecule has 1 saturated heterocycles. The number of carbonyl (C=O) groups is 2. The maximum absolute atomic E-state index is 12.4. The number of halogens is 1. The summed E-state index contributed by atoms with van der Waals surface area (Å²) >= 11 is 3.18. The standard InChI is InChI=1S/C13H16BrNO4/c1-18-12(16)8-9-4-2-3-7-15(9)13(17)10-5-6-11(14)19-10/h5-6,9H,2-4,7-8H2,1H3. The summed E-state index contributed by atoms with van der Waals surface area (Å²) in [5, 5.41) is 0. The lowest BCUT2D eigenvalue weighted by molar-refractivity contribution is -0.142. The minimum Gasteiger partial charge on any atom is -0.469 e. The average Bonchev–Trinajstić information content (AvgIpc) is 2.85. The van der Waals surface area contributed by atoms with Crippen molar-refractivity contribution in [3.05, 3.63) is 22.6 Å². The van der Waals surface area contributed by atoms with Crippen LogP contribution in [0.4, 0.5) is 0 Å². The highest BCUT2D eigenvalue weighted by atomic mass is 79.9. The molecule has 0 aromatic carbocycles. The molecule has 0 aliphatic carbocycles. The molecule has 0 radical (unpaired) electrons. The largest absolute Gasteiger partial charge is 0.469 e. The Morgan fingerprint density at radius 2 is 2.26 bits per heavy atom. The van der Waals surface area contributed by atoms with Gasteiger partial charge in [-0.3, -0.25) is 9.59 Å². The molecule has 0 spiro atoms. The normalized spacial score (nSPS) is 19.3. The van der Waals surface area contributed by atoms with Crippen molar-refractivity contribution in [2.24, 2.45) is 0 Å². The van der Waals surface area contributed by atoms with E-state index in [0.717, 1.165) is 19.3 Å². The van der Waals surface area contributed by atoms with Crippen molar-refractivity contribution in [3.63, 3.8) is 0 Å². The van der Waals surface area contributed by atoms with Gasteiger partial charge in [-0.2, -0.15) is 0 Å². The van der Waals surface area contributed by atoms with E-state index in [0.29, 0.717) is 17.0 Å². The lowest BCUT2D eigenvalue weighted by Crippen LogP contribution is -2.44. The third kappa shape index (κ3) is 3.37. The minimum atomic E-state index is -0.287. The molecule has 104 valence electrons. The summed E-state index contributed by atoms with van der Waals surface area (Å²) < 4.78 is 10.5. The molecule has 1 aliphatic heterocycles. The molecule has 0 N–H and O–H groups in total. The maximum Gasteiger partial charge on any atom is 0.307 e. The number of hydrogen-bond donors (Lipinski definition) is 0. The van der Waals surface area contributed by atoms with Crippen LogP contribution in [0.1, 0.15) is 36.2 Å². The molecular formula is C13H16BrNO4. The fraction of sp³-hybridized carbons (Fsp3) is 0.538. The topological polar surface area (TPSA) is 59.8 Å². The maximum atomic E-state index is 12.4. The van der Waals surface area contributed by atoms with Crippen LogP contribution in [-0.2, 0) is 9.53 Å². The van der Waals surface area contributed by atoms with Gasteiger partial charge in [0.15, 0.2) is 10.4 Å². The average molecular weight is 330 g/mol. The van der Waals surface area contributed by atoms with Crippen LogP contribution in [0.3, 0.4) is 0 Å². The molecule has 1 unspecified atom stereocenters. The van der Waals surface area contributed by atoms with Crippen molar-refractivity contribution >= 4 is 27.8 Å². The molecule has 0 bridgehead atoms. The molecule has 1 aromatic heterocycles. The van der Waals surface area contributed by atoms with E-state index in [1.165, 1.54) is 7.11 Å². The molecule has 0 saturated carbocycles. The highest BCUT2D eigenvalue weighted by molar-refractivity contribution is 9.10. The number of hydrogen-bond acceptors (Lipinski definition) is 4. The van der Waals surface area contributed by atoms with Crippen LogP contribution in [-0.4, -0.2) is 36.5 Å². The minimum absolute atomic E-state index is 0.0995. The molecule has 1 aromatic rings. The van der Waals surface area contributed by atoms with E-state index in [1.807, 2.05) is 0 Å². The fourth-order valence-corrected chi connectivity index (χ4v) is 2.63. The van der Waals surface area contributed by atoms with E-state index in [9.17, 15) is 9.59 Å². The Labute approximate surface area is 120 Å². The first-order valence-corrected chi connectivity index (χ1v) is 7.04. The van der Waals surface area contributed by atoms with Crippen LogP contribution < -0.4 is 0 Å². The van der Waals surface area contributed by atoms with E-state index in [-0.39, 0.29) is 24.3 Å². The van der Waals surface area contributed by atoms with E-state index >= 15 is 0 Å². The lowest BCUT2D eigenvalue weighted by atomic mass is 9.99. The first-order valence-electron chi connectivity index (χ1n) is 6.25. The number of piperidine rings is 1. The van der Waals surface area contributed by atoms with Gasteiger partial charge in [0.1, 0.15) is 0 Å². The monoisotopic (exact) mass is 329 g/mol. The second-order valence-corrected chi connectivity index (χ2v) is 5.31. The summed E-state index contributed by atoms with van der Waals surface area (Å²) in [6.07, 6.45) is 3.03. The number of nitrogens with zero attached hydrogens (tertiary/aromatic N) is 1. The van der Waals surface area contributed by atoms with E-state index in [4.69, 9.17) is 4.42 Å². The molecule has 2 heterocycles. The van der Waals surface area contributed by atoms with Crippen molar-refractivity contribution < 1.29 is 18.7 Å². The zero-order valence-corrected chi connectivity index (χ0v) is 12.3. The zero-order valence-electron chi connectivity index (χ0n) is 10.7. The van der Waals surface area contributed by atoms with Crippen molar-refractivity contribution in [1.82, 2.24) is 4.90 Å². The quantitative estimate of drug-likeness (QED) is 0.800. The lowest BCUT2D eigenvalue weighted by Gasteiger charge is -2.34. The van der Waals surface area contributed by atoms with Crippen molar-refractivity contribution in [2.75, 3.05) is 13.7 Å². The van der Waals surface area contributed by atoms with Gasteiger partial charge in [-0.1, -0.05) is 0 Å². The number of furan rings is 1. The molecule has 2 rings (SSSR count). The Balaban J connectivity index is 2.10. The van der Waals surface area contributed by atoms with Crippen LogP contribution in [0.15, 0.2) is 21.2 Å². The van der Waals surface area contributed by atoms with Crippen molar-refractivity contribution in [1.29, 1.82) is 0 Å². The van der Waals surface area contributed by atoms with Crippen LogP contribution in [0.2, 0.25) is 0 Å². The summed E-state index contributed by atoms with van der Waals surface area (Å²) in [7, 11) is 1.36. The van der Waals surface area contributed by atoms with Gasteiger partial charge in [0.05, 0.1) is 13.5 Å². The summed E-state index contributed by atoms with van der Waals surface area (Å²) in [6.45, 7) is 0.652. The van der Waals surface area contributed by atoms with E-state index in [2.05, 4.69) is 20.7 Å². The zero-order chi connectivity index (χ0) is 13.8. The van der Waals surface area contributed by atoms with Gasteiger partial charge in [-0.05, 0) is 47.3 Å². The molecular weight excluding hydrogens is 314 g/mol. The summed E-state index contributed by atoms with van der Waals surface area (Å²) in [6, 6.07) is 3.22. The number of likely N-dealkylation sites (tertiary alicyclic amines) is 1. The van der Waals surface area contributed by atoms with Gasteiger partial charge in [0.2, 0.25) is 0 Å². The first-order chi connectivity index (χ1) is 9.11. The fourth-order valence-electron chi connectivity index (χ4n) is 2.33. The molecule has 19 heavy (non-hydrogen) atoms. The molecule has 5 nitrogen and oxygen atoms in total. The van der Waals surface area contributed by atoms with Gasteiger partial charge in [-0.25, -0.2) is 0 Å². The summed E-state index contributed by atoms with van der Waals surface area (Å²) in [5.41, 5.74) is 0.